The Balaban J connectivity index is 1.63. The number of carbonyl (C=O) groups excluding carboxylic acids is 1. The predicted molar refractivity (Wildman–Crippen MR) is 109 cm³/mol. The Hall–Kier alpha value is -1.95. The van der Waals surface area contributed by atoms with Crippen molar-refractivity contribution in [3.8, 4) is 0 Å². The van der Waals surface area contributed by atoms with Gasteiger partial charge in [-0.3, -0.25) is 9.48 Å². The van der Waals surface area contributed by atoms with Crippen LogP contribution in [0.5, 0.6) is 0 Å². The van der Waals surface area contributed by atoms with Crippen LogP contribution in [-0.2, 0) is 5.75 Å². The molecule has 2 heterocycles. The molecule has 1 aromatic heterocycles. The first-order valence-corrected chi connectivity index (χ1v) is 10.4. The molecule has 0 radical (unpaired) electrons. The van der Waals surface area contributed by atoms with Crippen molar-refractivity contribution >= 4 is 23.4 Å². The van der Waals surface area contributed by atoms with E-state index in [4.69, 9.17) is 0 Å². The molecule has 5 nitrogen and oxygen atoms in total. The molecular formula is C20H28N4OS. The lowest BCUT2D eigenvalue weighted by Crippen LogP contribution is -2.39. The third-order valence-corrected chi connectivity index (χ3v) is 5.86. The van der Waals surface area contributed by atoms with Gasteiger partial charge in [-0.1, -0.05) is 25.1 Å². The number of thioether (sulfide) groups is 1. The monoisotopic (exact) mass is 372 g/mol. The topological polar surface area (TPSA) is 41.4 Å². The summed E-state index contributed by atoms with van der Waals surface area (Å²) >= 11 is 1.86. The summed E-state index contributed by atoms with van der Waals surface area (Å²) in [5, 5.41) is 4.51. The van der Waals surface area contributed by atoms with Gasteiger partial charge in [-0.2, -0.15) is 16.9 Å². The third kappa shape index (κ3) is 4.23. The van der Waals surface area contributed by atoms with Crippen molar-refractivity contribution in [2.45, 2.75) is 31.6 Å². The number of hydrogen-bond donors (Lipinski definition) is 0. The predicted octanol–water partition coefficient (Wildman–Crippen LogP) is 3.68. The molecule has 1 fully saturated rings. The minimum atomic E-state index is 0.171. The van der Waals surface area contributed by atoms with Crippen molar-refractivity contribution in [2.24, 2.45) is 0 Å². The van der Waals surface area contributed by atoms with E-state index in [1.165, 1.54) is 0 Å². The average Bonchev–Trinajstić information content (AvgIpc) is 3.17. The van der Waals surface area contributed by atoms with E-state index in [1.54, 1.807) is 0 Å². The first kappa shape index (κ1) is 18.8. The fourth-order valence-electron chi connectivity index (χ4n) is 3.33. The largest absolute Gasteiger partial charge is 0.375 e. The summed E-state index contributed by atoms with van der Waals surface area (Å²) in [4.78, 5) is 17.1. The maximum Gasteiger partial charge on any atom is 0.254 e. The zero-order valence-electron chi connectivity index (χ0n) is 15.9. The van der Waals surface area contributed by atoms with Crippen molar-refractivity contribution in [2.75, 3.05) is 37.8 Å². The summed E-state index contributed by atoms with van der Waals surface area (Å²) < 4.78 is 2.06. The van der Waals surface area contributed by atoms with Gasteiger partial charge in [-0.25, -0.2) is 0 Å². The Bertz CT molecular complexity index is 735. The second kappa shape index (κ2) is 8.62. The van der Waals surface area contributed by atoms with Gasteiger partial charge >= 0.3 is 0 Å². The van der Waals surface area contributed by atoms with E-state index in [9.17, 15) is 4.79 Å². The van der Waals surface area contributed by atoms with Crippen LogP contribution in [0.4, 0.5) is 5.69 Å². The standard InChI is InChI=1S/C20H28N4OS/c1-4-26-15-16-7-5-6-8-19(16)20(25)23-11-9-17(10-12-23)24-14-18(13-21-24)22(2)3/h5-8,13-14,17H,4,9-12,15H2,1-3H3. The van der Waals surface area contributed by atoms with Gasteiger partial charge in [0.15, 0.2) is 0 Å². The smallest absolute Gasteiger partial charge is 0.254 e. The summed E-state index contributed by atoms with van der Waals surface area (Å²) in [6.45, 7) is 3.72. The fraction of sp³-hybridized carbons (Fsp3) is 0.500. The van der Waals surface area contributed by atoms with Crippen molar-refractivity contribution in [1.29, 1.82) is 0 Å². The molecule has 0 N–H and O–H groups in total. The third-order valence-electron chi connectivity index (χ3n) is 4.94. The van der Waals surface area contributed by atoms with Gasteiger partial charge in [0.25, 0.3) is 5.91 Å². The quantitative estimate of drug-likeness (QED) is 0.776. The molecule has 6 heteroatoms. The molecular weight excluding hydrogens is 344 g/mol. The minimum Gasteiger partial charge on any atom is -0.375 e. The fourth-order valence-corrected chi connectivity index (χ4v) is 4.01. The summed E-state index contributed by atoms with van der Waals surface area (Å²) in [5.74, 6) is 2.13. The lowest BCUT2D eigenvalue weighted by Gasteiger charge is -2.32. The molecule has 3 rings (SSSR count). The van der Waals surface area contributed by atoms with E-state index in [0.29, 0.717) is 6.04 Å². The first-order valence-electron chi connectivity index (χ1n) is 9.26. The Kier molecular flexibility index (Phi) is 6.25. The molecule has 1 aliphatic heterocycles. The summed E-state index contributed by atoms with van der Waals surface area (Å²) in [6, 6.07) is 8.41. The van der Waals surface area contributed by atoms with Crippen LogP contribution in [0.2, 0.25) is 0 Å². The first-order chi connectivity index (χ1) is 12.6. The number of piperidine rings is 1. The normalized spacial score (nSPS) is 15.3. The Labute approximate surface area is 160 Å². The highest BCUT2D eigenvalue weighted by Crippen LogP contribution is 2.26. The van der Waals surface area contributed by atoms with Crippen LogP contribution < -0.4 is 4.90 Å². The Morgan fingerprint density at radius 2 is 2.00 bits per heavy atom. The van der Waals surface area contributed by atoms with E-state index in [-0.39, 0.29) is 5.91 Å². The van der Waals surface area contributed by atoms with Crippen LogP contribution in [0, 0.1) is 0 Å². The number of nitrogens with zero attached hydrogens (tertiary/aromatic N) is 4. The van der Waals surface area contributed by atoms with Gasteiger partial charge in [-0.15, -0.1) is 0 Å². The molecule has 0 atom stereocenters. The van der Waals surface area contributed by atoms with Gasteiger partial charge in [0.1, 0.15) is 0 Å². The average molecular weight is 373 g/mol. The van der Waals surface area contributed by atoms with Crippen molar-refractivity contribution in [3.63, 3.8) is 0 Å². The molecule has 0 saturated carbocycles. The lowest BCUT2D eigenvalue weighted by molar-refractivity contribution is 0.0689. The van der Waals surface area contributed by atoms with Crippen LogP contribution in [-0.4, -0.2) is 53.5 Å². The molecule has 0 unspecified atom stereocenters. The van der Waals surface area contributed by atoms with E-state index >= 15 is 0 Å². The highest BCUT2D eigenvalue weighted by Gasteiger charge is 2.26. The molecule has 1 amide bonds. The van der Waals surface area contributed by atoms with Gasteiger partial charge in [0.2, 0.25) is 0 Å². The number of likely N-dealkylation sites (tertiary alicyclic amines) is 1. The number of carbonyl (C=O) groups is 1. The van der Waals surface area contributed by atoms with Crippen LogP contribution >= 0.6 is 11.8 Å². The maximum atomic E-state index is 13.0. The van der Waals surface area contributed by atoms with Gasteiger partial charge < -0.3 is 9.80 Å². The second-order valence-corrected chi connectivity index (χ2v) is 8.16. The van der Waals surface area contributed by atoms with Crippen LogP contribution in [0.1, 0.15) is 41.7 Å². The SMILES string of the molecule is CCSCc1ccccc1C(=O)N1CCC(n2cc(N(C)C)cn2)CC1. The van der Waals surface area contributed by atoms with E-state index < -0.39 is 0 Å². The number of amides is 1. The van der Waals surface area contributed by atoms with Crippen LogP contribution in [0.25, 0.3) is 0 Å². The molecule has 2 aromatic rings. The Morgan fingerprint density at radius 1 is 1.27 bits per heavy atom. The molecule has 0 bridgehead atoms. The van der Waals surface area contributed by atoms with E-state index in [1.807, 2.05) is 55.2 Å². The molecule has 0 spiro atoms. The maximum absolute atomic E-state index is 13.0. The summed E-state index contributed by atoms with van der Waals surface area (Å²) in [7, 11) is 4.05. The minimum absolute atomic E-state index is 0.171. The van der Waals surface area contributed by atoms with Crippen LogP contribution in [0.3, 0.4) is 0 Å². The highest BCUT2D eigenvalue weighted by atomic mass is 32.2. The number of benzene rings is 1. The van der Waals surface area contributed by atoms with Crippen LogP contribution in [0.15, 0.2) is 36.7 Å². The van der Waals surface area contributed by atoms with Gasteiger partial charge in [0.05, 0.1) is 17.9 Å². The van der Waals surface area contributed by atoms with Crippen molar-refractivity contribution in [3.05, 3.63) is 47.8 Å². The van der Waals surface area contributed by atoms with Gasteiger partial charge in [-0.05, 0) is 30.2 Å². The lowest BCUT2D eigenvalue weighted by atomic mass is 10.0. The zero-order valence-corrected chi connectivity index (χ0v) is 16.7. The molecule has 26 heavy (non-hydrogen) atoms. The number of aromatic nitrogens is 2. The zero-order chi connectivity index (χ0) is 18.5. The Morgan fingerprint density at radius 3 is 2.65 bits per heavy atom. The van der Waals surface area contributed by atoms with Crippen molar-refractivity contribution < 1.29 is 4.79 Å². The number of anilines is 1. The molecule has 140 valence electrons. The number of hydrogen-bond acceptors (Lipinski definition) is 4. The molecule has 1 aliphatic rings. The van der Waals surface area contributed by atoms with E-state index in [0.717, 1.165) is 54.3 Å². The van der Waals surface area contributed by atoms with Gasteiger partial charge in [0, 0.05) is 44.7 Å². The van der Waals surface area contributed by atoms with Crippen molar-refractivity contribution in [1.82, 2.24) is 14.7 Å². The highest BCUT2D eigenvalue weighted by molar-refractivity contribution is 7.98. The molecule has 1 saturated heterocycles. The summed E-state index contributed by atoms with van der Waals surface area (Å²) in [6.07, 6.45) is 5.90. The summed E-state index contributed by atoms with van der Waals surface area (Å²) in [5.41, 5.74) is 3.13. The van der Waals surface area contributed by atoms with E-state index in [2.05, 4.69) is 33.9 Å². The second-order valence-electron chi connectivity index (χ2n) is 6.89. The number of rotatable bonds is 6. The molecule has 1 aromatic carbocycles. The molecule has 0 aliphatic carbocycles.